The van der Waals surface area contributed by atoms with Gasteiger partial charge in [0.2, 0.25) is 0 Å². The Kier molecular flexibility index (Phi) is 4.74. The van der Waals surface area contributed by atoms with E-state index in [9.17, 15) is 4.79 Å². The summed E-state index contributed by atoms with van der Waals surface area (Å²) in [6, 6.07) is 11.2. The minimum Gasteiger partial charge on any atom is -0.459 e. The molecule has 3 rings (SSSR count). The lowest BCUT2D eigenvalue weighted by molar-refractivity contribution is -0.150. The Morgan fingerprint density at radius 1 is 1.26 bits per heavy atom. The van der Waals surface area contributed by atoms with Gasteiger partial charge in [0, 0.05) is 12.2 Å². The van der Waals surface area contributed by atoms with E-state index in [1.54, 1.807) is 0 Å². The Morgan fingerprint density at radius 3 is 2.83 bits per heavy atom. The van der Waals surface area contributed by atoms with E-state index in [0.29, 0.717) is 29.7 Å². The number of hydrogen-bond donors (Lipinski definition) is 1. The number of halogens is 1. The van der Waals surface area contributed by atoms with Crippen LogP contribution in [0.25, 0.3) is 11.3 Å². The highest BCUT2D eigenvalue weighted by atomic mass is 35.5. The summed E-state index contributed by atoms with van der Waals surface area (Å²) in [5.74, 6) is 1.29. The number of hydrogen-bond acceptors (Lipinski definition) is 3. The van der Waals surface area contributed by atoms with Crippen molar-refractivity contribution in [1.29, 1.82) is 0 Å². The third-order valence-corrected chi connectivity index (χ3v) is 4.50. The molecule has 1 aromatic heterocycles. The second kappa shape index (κ2) is 6.77. The van der Waals surface area contributed by atoms with Crippen molar-refractivity contribution in [2.24, 2.45) is 0 Å². The van der Waals surface area contributed by atoms with Crippen molar-refractivity contribution in [2.45, 2.75) is 38.3 Å². The molecule has 2 aromatic rings. The summed E-state index contributed by atoms with van der Waals surface area (Å²) in [5, 5.41) is 3.54. The Bertz CT molecular complexity index is 689. The van der Waals surface area contributed by atoms with Crippen LogP contribution in [0.1, 0.15) is 31.9 Å². The number of nitrogens with one attached hydrogen (secondary N) is 1. The Hall–Kier alpha value is -1.78. The molecule has 1 amide bonds. The lowest BCUT2D eigenvalue weighted by atomic mass is 9.95. The van der Waals surface area contributed by atoms with Crippen molar-refractivity contribution < 1.29 is 13.9 Å². The van der Waals surface area contributed by atoms with E-state index in [2.05, 4.69) is 5.32 Å². The lowest BCUT2D eigenvalue weighted by Crippen LogP contribution is -2.48. The first kappa shape index (κ1) is 16.1. The van der Waals surface area contributed by atoms with Gasteiger partial charge in [-0.1, -0.05) is 23.7 Å². The zero-order valence-corrected chi connectivity index (χ0v) is 13.9. The standard InChI is InChI=1S/C18H20ClNO3/c1-18(10-4-5-11-22-18)17(21)20-12-13-8-9-16(23-13)14-6-2-3-7-15(14)19/h2-3,6-9H,4-5,10-12H2,1H3,(H,20,21)/t18-/m1/s1. The molecule has 1 aliphatic heterocycles. The number of carbonyl (C=O) groups excluding carboxylic acids is 1. The topological polar surface area (TPSA) is 51.5 Å². The van der Waals surface area contributed by atoms with Crippen molar-refractivity contribution >= 4 is 17.5 Å². The average Bonchev–Trinajstić information content (AvgIpc) is 3.02. The summed E-state index contributed by atoms with van der Waals surface area (Å²) >= 11 is 6.17. The van der Waals surface area contributed by atoms with Gasteiger partial charge in [-0.3, -0.25) is 4.79 Å². The van der Waals surface area contributed by atoms with Gasteiger partial charge in [-0.15, -0.1) is 0 Å². The summed E-state index contributed by atoms with van der Waals surface area (Å²) in [6.07, 6.45) is 2.78. The molecule has 1 aromatic carbocycles. The minimum atomic E-state index is -0.726. The van der Waals surface area contributed by atoms with Gasteiger partial charge in [0.1, 0.15) is 17.1 Å². The van der Waals surface area contributed by atoms with Crippen LogP contribution >= 0.6 is 11.6 Å². The van der Waals surface area contributed by atoms with Gasteiger partial charge < -0.3 is 14.5 Å². The molecule has 23 heavy (non-hydrogen) atoms. The van der Waals surface area contributed by atoms with Crippen LogP contribution in [0, 0.1) is 0 Å². The zero-order valence-electron chi connectivity index (χ0n) is 13.1. The maximum Gasteiger partial charge on any atom is 0.252 e. The summed E-state index contributed by atoms with van der Waals surface area (Å²) < 4.78 is 11.4. The molecule has 1 aliphatic rings. The molecule has 5 heteroatoms. The zero-order chi connectivity index (χ0) is 16.3. The Balaban J connectivity index is 1.63. The third kappa shape index (κ3) is 3.59. The number of carbonyl (C=O) groups is 1. The highest BCUT2D eigenvalue weighted by molar-refractivity contribution is 6.33. The Morgan fingerprint density at radius 2 is 2.09 bits per heavy atom. The van der Waals surface area contributed by atoms with Gasteiger partial charge >= 0.3 is 0 Å². The molecule has 2 heterocycles. The summed E-state index contributed by atoms with van der Waals surface area (Å²) in [5.41, 5.74) is 0.116. The summed E-state index contributed by atoms with van der Waals surface area (Å²) in [6.45, 7) is 2.82. The van der Waals surface area contributed by atoms with E-state index in [4.69, 9.17) is 20.8 Å². The van der Waals surface area contributed by atoms with Gasteiger partial charge in [-0.25, -0.2) is 0 Å². The second-order valence-electron chi connectivity index (χ2n) is 5.96. The minimum absolute atomic E-state index is 0.0899. The number of rotatable bonds is 4. The van der Waals surface area contributed by atoms with Crippen LogP contribution in [0.4, 0.5) is 0 Å². The van der Waals surface area contributed by atoms with Crippen LogP contribution in [0.2, 0.25) is 5.02 Å². The fourth-order valence-electron chi connectivity index (χ4n) is 2.75. The van der Waals surface area contributed by atoms with Crippen molar-refractivity contribution in [3.63, 3.8) is 0 Å². The number of amides is 1. The first-order chi connectivity index (χ1) is 11.1. The number of ether oxygens (including phenoxy) is 1. The average molecular weight is 334 g/mol. The van der Waals surface area contributed by atoms with E-state index in [-0.39, 0.29) is 5.91 Å². The molecule has 1 saturated heterocycles. The molecule has 1 N–H and O–H groups in total. The highest BCUT2D eigenvalue weighted by Gasteiger charge is 2.35. The maximum absolute atomic E-state index is 12.3. The first-order valence-corrected chi connectivity index (χ1v) is 8.22. The molecule has 1 atom stereocenters. The quantitative estimate of drug-likeness (QED) is 0.913. The molecule has 4 nitrogen and oxygen atoms in total. The van der Waals surface area contributed by atoms with E-state index < -0.39 is 5.60 Å². The van der Waals surface area contributed by atoms with Crippen molar-refractivity contribution in [3.05, 3.63) is 47.2 Å². The number of benzene rings is 1. The smallest absolute Gasteiger partial charge is 0.252 e. The molecule has 0 radical (unpaired) electrons. The normalized spacial score (nSPS) is 21.1. The maximum atomic E-state index is 12.3. The number of furan rings is 1. The monoisotopic (exact) mass is 333 g/mol. The van der Waals surface area contributed by atoms with Crippen LogP contribution in [0.3, 0.4) is 0 Å². The van der Waals surface area contributed by atoms with Crippen LogP contribution in [0.15, 0.2) is 40.8 Å². The van der Waals surface area contributed by atoms with Gasteiger partial charge in [-0.2, -0.15) is 0 Å². The van der Waals surface area contributed by atoms with Gasteiger partial charge in [-0.05, 0) is 50.5 Å². The van der Waals surface area contributed by atoms with Gasteiger partial charge in [0.25, 0.3) is 5.91 Å². The predicted octanol–water partition coefficient (Wildman–Crippen LogP) is 4.18. The third-order valence-electron chi connectivity index (χ3n) is 4.17. The molecule has 0 unspecified atom stereocenters. The van der Waals surface area contributed by atoms with Crippen LogP contribution in [0.5, 0.6) is 0 Å². The largest absolute Gasteiger partial charge is 0.459 e. The van der Waals surface area contributed by atoms with Crippen LogP contribution in [-0.4, -0.2) is 18.1 Å². The molecular weight excluding hydrogens is 314 g/mol. The van der Waals surface area contributed by atoms with Gasteiger partial charge in [0.15, 0.2) is 0 Å². The highest BCUT2D eigenvalue weighted by Crippen LogP contribution is 2.29. The van der Waals surface area contributed by atoms with Crippen molar-refractivity contribution in [1.82, 2.24) is 5.32 Å². The van der Waals surface area contributed by atoms with E-state index in [0.717, 1.165) is 24.8 Å². The molecule has 0 spiro atoms. The Labute approximate surface area is 140 Å². The summed E-state index contributed by atoms with van der Waals surface area (Å²) in [4.78, 5) is 12.3. The van der Waals surface area contributed by atoms with Crippen molar-refractivity contribution in [2.75, 3.05) is 6.61 Å². The van der Waals surface area contributed by atoms with E-state index in [1.807, 2.05) is 43.3 Å². The van der Waals surface area contributed by atoms with Crippen molar-refractivity contribution in [3.8, 4) is 11.3 Å². The molecule has 0 saturated carbocycles. The summed E-state index contributed by atoms with van der Waals surface area (Å²) in [7, 11) is 0. The van der Waals surface area contributed by atoms with Gasteiger partial charge in [0.05, 0.1) is 11.6 Å². The predicted molar refractivity (Wildman–Crippen MR) is 89.2 cm³/mol. The molecule has 122 valence electrons. The van der Waals surface area contributed by atoms with Crippen LogP contribution in [-0.2, 0) is 16.1 Å². The fraction of sp³-hybridized carbons (Fsp3) is 0.389. The SMILES string of the molecule is C[C@]1(C(=O)NCc2ccc(-c3ccccc3Cl)o2)CCCCO1. The lowest BCUT2D eigenvalue weighted by Gasteiger charge is -2.32. The molecular formula is C18H20ClNO3. The first-order valence-electron chi connectivity index (χ1n) is 7.84. The molecule has 0 bridgehead atoms. The van der Waals surface area contributed by atoms with E-state index in [1.165, 1.54) is 0 Å². The second-order valence-corrected chi connectivity index (χ2v) is 6.37. The molecule has 0 aliphatic carbocycles. The van der Waals surface area contributed by atoms with E-state index >= 15 is 0 Å². The fourth-order valence-corrected chi connectivity index (χ4v) is 2.98. The molecule has 1 fully saturated rings. The van der Waals surface area contributed by atoms with Crippen LogP contribution < -0.4 is 5.32 Å².